The summed E-state index contributed by atoms with van der Waals surface area (Å²) in [5.41, 5.74) is 5.48. The molecule has 3 aromatic rings. The van der Waals surface area contributed by atoms with E-state index in [1.54, 1.807) is 12.1 Å². The maximum absolute atomic E-state index is 9.47. The van der Waals surface area contributed by atoms with Crippen molar-refractivity contribution in [3.8, 4) is 17.0 Å². The Morgan fingerprint density at radius 1 is 0.950 bits per heavy atom. The van der Waals surface area contributed by atoms with E-state index in [9.17, 15) is 5.11 Å². The van der Waals surface area contributed by atoms with Gasteiger partial charge in [0.15, 0.2) is 0 Å². The Labute approximate surface area is 132 Å². The molecule has 2 aromatic carbocycles. The van der Waals surface area contributed by atoms with Crippen molar-refractivity contribution in [2.24, 2.45) is 0 Å². The molecule has 0 amide bonds. The maximum Gasteiger partial charge on any atom is 1.00 e. The van der Waals surface area contributed by atoms with Gasteiger partial charge < -0.3 is 6.53 Å². The van der Waals surface area contributed by atoms with Crippen molar-refractivity contribution in [1.82, 2.24) is 4.98 Å². The molecule has 1 aromatic heterocycles. The Morgan fingerprint density at radius 3 is 2.55 bits per heavy atom. The van der Waals surface area contributed by atoms with E-state index in [-0.39, 0.29) is 26.0 Å². The first-order valence-corrected chi connectivity index (χ1v) is 6.31. The van der Waals surface area contributed by atoms with Crippen LogP contribution in [0.25, 0.3) is 22.2 Å². The molecule has 0 saturated carbocycles. The van der Waals surface area contributed by atoms with E-state index in [1.807, 2.05) is 18.2 Å². The SMILES string of the molecule is Cc1ccc(C)c(-c2ccc3cc(O)ccc3n2)c1.[H-].[Li+]. The van der Waals surface area contributed by atoms with Crippen molar-refractivity contribution in [3.05, 3.63) is 59.7 Å². The Hall–Kier alpha value is -1.75. The van der Waals surface area contributed by atoms with Gasteiger partial charge in [-0.25, -0.2) is 4.98 Å². The summed E-state index contributed by atoms with van der Waals surface area (Å²) in [4.78, 5) is 4.68. The minimum Gasteiger partial charge on any atom is -1.00 e. The molecule has 1 heterocycles. The van der Waals surface area contributed by atoms with Gasteiger partial charge in [-0.05, 0) is 49.7 Å². The molecule has 0 fully saturated rings. The molecular formula is C17H16LiNO. The van der Waals surface area contributed by atoms with Crippen molar-refractivity contribution in [3.63, 3.8) is 0 Å². The number of benzene rings is 2. The molecule has 0 aliphatic carbocycles. The number of phenols is 1. The fraction of sp³-hybridized carbons (Fsp3) is 0.118. The summed E-state index contributed by atoms with van der Waals surface area (Å²) < 4.78 is 0. The second-order valence-corrected chi connectivity index (χ2v) is 4.89. The van der Waals surface area contributed by atoms with Crippen LogP contribution in [-0.4, -0.2) is 10.1 Å². The zero-order valence-electron chi connectivity index (χ0n) is 13.0. The molecule has 3 heteroatoms. The van der Waals surface area contributed by atoms with Gasteiger partial charge in [0.05, 0.1) is 11.2 Å². The van der Waals surface area contributed by atoms with Gasteiger partial charge in [-0.1, -0.05) is 23.8 Å². The number of rotatable bonds is 1. The molecule has 0 saturated heterocycles. The van der Waals surface area contributed by atoms with Crippen molar-refractivity contribution < 1.29 is 25.4 Å². The van der Waals surface area contributed by atoms with Crippen molar-refractivity contribution in [2.45, 2.75) is 13.8 Å². The van der Waals surface area contributed by atoms with Gasteiger partial charge in [0.2, 0.25) is 0 Å². The van der Waals surface area contributed by atoms with E-state index >= 15 is 0 Å². The average Bonchev–Trinajstić information content (AvgIpc) is 2.41. The van der Waals surface area contributed by atoms with E-state index in [0.717, 1.165) is 22.2 Å². The third-order valence-electron chi connectivity index (χ3n) is 3.34. The van der Waals surface area contributed by atoms with E-state index < -0.39 is 0 Å². The monoisotopic (exact) mass is 257 g/mol. The Balaban J connectivity index is 0.00000110. The van der Waals surface area contributed by atoms with Crippen LogP contribution >= 0.6 is 0 Å². The van der Waals surface area contributed by atoms with Crippen LogP contribution in [0.3, 0.4) is 0 Å². The topological polar surface area (TPSA) is 33.1 Å². The molecule has 0 aliphatic heterocycles. The summed E-state index contributed by atoms with van der Waals surface area (Å²) in [6.07, 6.45) is 0. The number of phenolic OH excluding ortho intramolecular Hbond substituents is 1. The van der Waals surface area contributed by atoms with Crippen molar-refractivity contribution in [2.75, 3.05) is 0 Å². The Bertz CT molecular complexity index is 774. The molecule has 2 nitrogen and oxygen atoms in total. The number of aryl methyl sites for hydroxylation is 2. The van der Waals surface area contributed by atoms with Crippen LogP contribution in [0, 0.1) is 13.8 Å². The predicted molar refractivity (Wildman–Crippen MR) is 79.4 cm³/mol. The van der Waals surface area contributed by atoms with E-state index in [4.69, 9.17) is 0 Å². The standard InChI is InChI=1S/C17H15NO.Li.H/c1-11-3-4-12(2)15(9-11)17-7-5-13-10-14(19)6-8-16(13)18-17;;/h3-10,19H,1-2H3;;/q;+1;-1. The van der Waals surface area contributed by atoms with Gasteiger partial charge in [0.25, 0.3) is 0 Å². The summed E-state index contributed by atoms with van der Waals surface area (Å²) >= 11 is 0. The van der Waals surface area contributed by atoms with Crippen LogP contribution in [0.4, 0.5) is 0 Å². The third kappa shape index (κ3) is 2.72. The molecule has 96 valence electrons. The minimum absolute atomic E-state index is 0. The number of hydrogen-bond acceptors (Lipinski definition) is 2. The van der Waals surface area contributed by atoms with Gasteiger partial charge in [-0.3, -0.25) is 0 Å². The molecule has 0 aliphatic rings. The predicted octanol–water partition coefficient (Wildman–Crippen LogP) is 1.34. The number of aromatic hydroxyl groups is 1. The van der Waals surface area contributed by atoms with E-state index in [1.165, 1.54) is 11.1 Å². The van der Waals surface area contributed by atoms with Gasteiger partial charge in [-0.15, -0.1) is 0 Å². The van der Waals surface area contributed by atoms with Crippen LogP contribution in [0.2, 0.25) is 0 Å². The zero-order valence-corrected chi connectivity index (χ0v) is 12.0. The van der Waals surface area contributed by atoms with Gasteiger partial charge >= 0.3 is 18.9 Å². The average molecular weight is 257 g/mol. The van der Waals surface area contributed by atoms with Gasteiger partial charge in [-0.2, -0.15) is 0 Å². The van der Waals surface area contributed by atoms with Gasteiger partial charge in [0, 0.05) is 10.9 Å². The first-order valence-electron chi connectivity index (χ1n) is 6.31. The molecule has 1 N–H and O–H groups in total. The fourth-order valence-corrected chi connectivity index (χ4v) is 2.27. The summed E-state index contributed by atoms with van der Waals surface area (Å²) in [6, 6.07) is 15.6. The molecule has 0 atom stereocenters. The van der Waals surface area contributed by atoms with Crippen LogP contribution in [0.5, 0.6) is 5.75 Å². The molecule has 3 rings (SSSR count). The van der Waals surface area contributed by atoms with Gasteiger partial charge in [0.1, 0.15) is 5.75 Å². The largest absolute Gasteiger partial charge is 1.00 e. The molecule has 0 bridgehead atoms. The second kappa shape index (κ2) is 5.71. The normalized spacial score (nSPS) is 10.3. The van der Waals surface area contributed by atoms with Crippen molar-refractivity contribution in [1.29, 1.82) is 0 Å². The molecular weight excluding hydrogens is 241 g/mol. The number of aromatic nitrogens is 1. The smallest absolute Gasteiger partial charge is 1.00 e. The second-order valence-electron chi connectivity index (χ2n) is 4.89. The van der Waals surface area contributed by atoms with Crippen LogP contribution < -0.4 is 18.9 Å². The Morgan fingerprint density at radius 2 is 1.75 bits per heavy atom. The quantitative estimate of drug-likeness (QED) is 0.667. The first-order chi connectivity index (χ1) is 9.13. The number of pyridine rings is 1. The third-order valence-corrected chi connectivity index (χ3v) is 3.34. The molecule has 0 spiro atoms. The minimum atomic E-state index is 0. The van der Waals surface area contributed by atoms with E-state index in [0.29, 0.717) is 0 Å². The molecule has 0 radical (unpaired) electrons. The first kappa shape index (κ1) is 14.7. The van der Waals surface area contributed by atoms with Crippen LogP contribution in [0.1, 0.15) is 12.6 Å². The summed E-state index contributed by atoms with van der Waals surface area (Å²) in [7, 11) is 0. The van der Waals surface area contributed by atoms with Crippen molar-refractivity contribution >= 4 is 10.9 Å². The number of nitrogens with zero attached hydrogens (tertiary/aromatic N) is 1. The maximum atomic E-state index is 9.47. The fourth-order valence-electron chi connectivity index (χ4n) is 2.27. The zero-order chi connectivity index (χ0) is 13.4. The summed E-state index contributed by atoms with van der Waals surface area (Å²) in [6.45, 7) is 4.18. The Kier molecular flexibility index (Phi) is 4.18. The molecule has 0 unspecified atom stereocenters. The van der Waals surface area contributed by atoms with Crippen LogP contribution in [0.15, 0.2) is 48.5 Å². The van der Waals surface area contributed by atoms with E-state index in [2.05, 4.69) is 37.0 Å². The van der Waals surface area contributed by atoms with Crippen LogP contribution in [-0.2, 0) is 0 Å². The number of hydrogen-bond donors (Lipinski definition) is 1. The summed E-state index contributed by atoms with van der Waals surface area (Å²) in [5.74, 6) is 0.272. The number of fused-ring (bicyclic) bond motifs is 1. The summed E-state index contributed by atoms with van der Waals surface area (Å²) in [5, 5.41) is 10.4. The molecule has 20 heavy (non-hydrogen) atoms.